The van der Waals surface area contributed by atoms with Crippen molar-refractivity contribution in [3.05, 3.63) is 59.7 Å². The minimum atomic E-state index is 0. The third kappa shape index (κ3) is 9.96. The van der Waals surface area contributed by atoms with Crippen molar-refractivity contribution in [1.82, 2.24) is 0 Å². The Labute approximate surface area is 183 Å². The van der Waals surface area contributed by atoms with E-state index in [0.29, 0.717) is 0 Å². The van der Waals surface area contributed by atoms with Gasteiger partial charge in [-0.25, -0.2) is 24.3 Å². The van der Waals surface area contributed by atoms with Crippen molar-refractivity contribution < 1.29 is 35.3 Å². The van der Waals surface area contributed by atoms with E-state index in [1.807, 2.05) is 0 Å². The van der Waals surface area contributed by atoms with E-state index in [9.17, 15) is 0 Å². The molecule has 3 heteroatoms. The maximum Gasteiger partial charge on any atom is 4.00 e. The zero-order valence-electron chi connectivity index (χ0n) is 16.5. The van der Waals surface area contributed by atoms with E-state index in [1.54, 1.807) is 11.1 Å². The van der Waals surface area contributed by atoms with Crippen LogP contribution in [0.5, 0.6) is 0 Å². The first-order valence-corrected chi connectivity index (χ1v) is 10.3. The average molecular weight is 539 g/mol. The Hall–Kier alpha value is -0.570. The van der Waals surface area contributed by atoms with E-state index in [2.05, 4.69) is 48.5 Å². The van der Waals surface area contributed by atoms with Crippen LogP contribution in [0.1, 0.15) is 75.3 Å². The van der Waals surface area contributed by atoms with Crippen LogP contribution < -0.4 is 9.41 Å². The molecule has 0 unspecified atom stereocenters. The van der Waals surface area contributed by atoms with Gasteiger partial charge in [0.15, 0.2) is 0 Å². The van der Waals surface area contributed by atoms with Crippen LogP contribution in [-0.4, -0.2) is 0 Å². The summed E-state index contributed by atoms with van der Waals surface area (Å²) in [6.07, 6.45) is 17.3. The molecule has 2 aliphatic rings. The Bertz CT molecular complexity index is 470. The number of halogens is 2. The SMILES string of the molecule is [F-].[F-].[Hf+4].c1cc[c-](CC2CCCCC2)c1.c1cc[c-](CC2CCCCC2)c1. The van der Waals surface area contributed by atoms with E-state index in [4.69, 9.17) is 0 Å². The molecule has 0 N–H and O–H groups in total. The van der Waals surface area contributed by atoms with E-state index >= 15 is 0 Å². The second-order valence-corrected chi connectivity index (χ2v) is 8.00. The van der Waals surface area contributed by atoms with Crippen molar-refractivity contribution in [2.45, 2.75) is 77.0 Å². The van der Waals surface area contributed by atoms with Crippen LogP contribution in [-0.2, 0) is 38.7 Å². The molecule has 0 heterocycles. The molecular weight excluding hydrogens is 505 g/mol. The quantitative estimate of drug-likeness (QED) is 0.404. The molecule has 2 aliphatic carbocycles. The van der Waals surface area contributed by atoms with Gasteiger partial charge in [0, 0.05) is 0 Å². The van der Waals surface area contributed by atoms with Gasteiger partial charge >= 0.3 is 25.8 Å². The molecule has 0 aromatic heterocycles. The predicted molar refractivity (Wildman–Crippen MR) is 105 cm³/mol. The third-order valence-electron chi connectivity index (χ3n) is 5.96. The largest absolute Gasteiger partial charge is 4.00 e. The van der Waals surface area contributed by atoms with Gasteiger partial charge in [0.05, 0.1) is 0 Å². The number of hydrogen-bond donors (Lipinski definition) is 0. The molecule has 0 atom stereocenters. The Morgan fingerprint density at radius 3 is 1.11 bits per heavy atom. The standard InChI is InChI=1S/2C12H17.2FH.Hf/c2*1-2-6-11(7-3-1)10-12-8-4-5-9-12;;;/h2*4-5,8-9,11H,1-3,6-7,10H2;2*1H;/q2*-1;;;+4/p-2. The molecule has 0 radical (unpaired) electrons. The zero-order chi connectivity index (χ0) is 16.5. The fourth-order valence-corrected chi connectivity index (χ4v) is 4.55. The summed E-state index contributed by atoms with van der Waals surface area (Å²) >= 11 is 0. The van der Waals surface area contributed by atoms with E-state index in [-0.39, 0.29) is 35.3 Å². The van der Waals surface area contributed by atoms with Crippen LogP contribution in [0, 0.1) is 11.8 Å². The van der Waals surface area contributed by atoms with Gasteiger partial charge < -0.3 is 9.41 Å². The summed E-state index contributed by atoms with van der Waals surface area (Å²) < 4.78 is 0. The van der Waals surface area contributed by atoms with Gasteiger partial charge in [-0.05, 0) is 11.8 Å². The topological polar surface area (TPSA) is 0 Å². The Kier molecular flexibility index (Phi) is 15.0. The maximum atomic E-state index is 2.26. The first kappa shape index (κ1) is 26.4. The van der Waals surface area contributed by atoms with Crippen molar-refractivity contribution >= 4 is 0 Å². The summed E-state index contributed by atoms with van der Waals surface area (Å²) in [6.45, 7) is 0. The van der Waals surface area contributed by atoms with Crippen molar-refractivity contribution in [3.8, 4) is 0 Å². The second kappa shape index (κ2) is 15.4. The van der Waals surface area contributed by atoms with Crippen molar-refractivity contribution in [2.75, 3.05) is 0 Å². The maximum absolute atomic E-state index is 2.26. The Balaban J connectivity index is 0.000000451. The molecular formula is C24H34F2Hf. The predicted octanol–water partition coefficient (Wildman–Crippen LogP) is 1.06. The first-order chi connectivity index (χ1) is 11.9. The van der Waals surface area contributed by atoms with E-state index < -0.39 is 0 Å². The molecule has 0 saturated heterocycles. The summed E-state index contributed by atoms with van der Waals surface area (Å²) in [5.74, 6) is 1.97. The molecule has 0 spiro atoms. The van der Waals surface area contributed by atoms with Gasteiger partial charge in [-0.2, -0.15) is 35.4 Å². The first-order valence-electron chi connectivity index (χ1n) is 10.3. The molecule has 2 aromatic carbocycles. The summed E-state index contributed by atoms with van der Waals surface area (Å²) in [5, 5.41) is 0. The van der Waals surface area contributed by atoms with Crippen LogP contribution in [0.4, 0.5) is 0 Å². The molecule has 27 heavy (non-hydrogen) atoms. The van der Waals surface area contributed by atoms with Gasteiger partial charge in [0.2, 0.25) is 0 Å². The molecule has 0 nitrogen and oxygen atoms in total. The molecule has 148 valence electrons. The van der Waals surface area contributed by atoms with Crippen LogP contribution in [0.15, 0.2) is 48.5 Å². The monoisotopic (exact) mass is 540 g/mol. The minimum Gasteiger partial charge on any atom is -1.00 e. The van der Waals surface area contributed by atoms with Crippen molar-refractivity contribution in [2.24, 2.45) is 11.8 Å². The van der Waals surface area contributed by atoms with E-state index in [0.717, 1.165) is 11.8 Å². The van der Waals surface area contributed by atoms with Gasteiger partial charge in [-0.15, -0.1) is 0 Å². The average Bonchev–Trinajstić information content (AvgIpc) is 3.32. The molecule has 2 saturated carbocycles. The molecule has 2 fully saturated rings. The van der Waals surface area contributed by atoms with Crippen LogP contribution >= 0.6 is 0 Å². The third-order valence-corrected chi connectivity index (χ3v) is 5.96. The number of hydrogen-bond acceptors (Lipinski definition) is 0. The molecule has 0 aliphatic heterocycles. The molecule has 4 rings (SSSR count). The molecule has 0 amide bonds. The van der Waals surface area contributed by atoms with Gasteiger partial charge in [0.1, 0.15) is 0 Å². The fourth-order valence-electron chi connectivity index (χ4n) is 4.55. The Morgan fingerprint density at radius 1 is 0.519 bits per heavy atom. The summed E-state index contributed by atoms with van der Waals surface area (Å²) in [5.41, 5.74) is 3.09. The summed E-state index contributed by atoms with van der Waals surface area (Å²) in [4.78, 5) is 0. The normalized spacial score (nSPS) is 17.5. The van der Waals surface area contributed by atoms with E-state index in [1.165, 1.54) is 77.0 Å². The summed E-state index contributed by atoms with van der Waals surface area (Å²) in [6, 6.07) is 17.6. The molecule has 0 bridgehead atoms. The van der Waals surface area contributed by atoms with Crippen LogP contribution in [0.25, 0.3) is 0 Å². The summed E-state index contributed by atoms with van der Waals surface area (Å²) in [7, 11) is 0. The van der Waals surface area contributed by atoms with Crippen molar-refractivity contribution in [1.29, 1.82) is 0 Å². The smallest absolute Gasteiger partial charge is 1.00 e. The minimum absolute atomic E-state index is 0. The van der Waals surface area contributed by atoms with Crippen molar-refractivity contribution in [3.63, 3.8) is 0 Å². The van der Waals surface area contributed by atoms with Crippen LogP contribution in [0.2, 0.25) is 0 Å². The number of rotatable bonds is 4. The van der Waals surface area contributed by atoms with Crippen LogP contribution in [0.3, 0.4) is 0 Å². The van der Waals surface area contributed by atoms with Gasteiger partial charge in [-0.3, -0.25) is 0 Å². The van der Waals surface area contributed by atoms with Gasteiger partial charge in [-0.1, -0.05) is 77.0 Å². The molecule has 2 aromatic rings. The van der Waals surface area contributed by atoms with Gasteiger partial charge in [0.25, 0.3) is 0 Å². The second-order valence-electron chi connectivity index (χ2n) is 8.00. The Morgan fingerprint density at radius 2 is 0.815 bits per heavy atom. The fraction of sp³-hybridized carbons (Fsp3) is 0.583. The zero-order valence-corrected chi connectivity index (χ0v) is 20.1.